The summed E-state index contributed by atoms with van der Waals surface area (Å²) in [6, 6.07) is 6.57. The lowest BCUT2D eigenvalue weighted by atomic mass is 9.71. The molecule has 1 fully saturated rings. The predicted octanol–water partition coefficient (Wildman–Crippen LogP) is 2.80. The Bertz CT molecular complexity index is 604. The lowest BCUT2D eigenvalue weighted by Gasteiger charge is -2.32. The molecule has 0 saturated heterocycles. The molecule has 1 aromatic carbocycles. The van der Waals surface area contributed by atoms with E-state index in [1.54, 1.807) is 24.3 Å². The molecule has 0 radical (unpaired) electrons. The zero-order valence-corrected chi connectivity index (χ0v) is 13.9. The molecule has 1 saturated carbocycles. The van der Waals surface area contributed by atoms with Crippen molar-refractivity contribution < 1.29 is 19.5 Å². The van der Waals surface area contributed by atoms with Crippen LogP contribution in [0, 0.1) is 5.41 Å². The summed E-state index contributed by atoms with van der Waals surface area (Å²) in [4.78, 5) is 35.6. The Morgan fingerprint density at radius 3 is 2.25 bits per heavy atom. The summed E-state index contributed by atoms with van der Waals surface area (Å²) in [6.45, 7) is 2.39. The SMILES string of the molecule is CCNC(=O)c1ccc(NC(=O)CC2(C(=O)O)CCCCC2)cc1. The van der Waals surface area contributed by atoms with Gasteiger partial charge in [0.1, 0.15) is 0 Å². The number of aliphatic carboxylic acids is 1. The van der Waals surface area contributed by atoms with Gasteiger partial charge in [-0.1, -0.05) is 19.3 Å². The molecule has 1 aromatic rings. The van der Waals surface area contributed by atoms with Gasteiger partial charge in [-0.25, -0.2) is 0 Å². The standard InChI is InChI=1S/C18H24N2O4/c1-2-19-16(22)13-6-8-14(9-7-13)20-15(21)12-18(17(23)24)10-4-3-5-11-18/h6-9H,2-5,10-12H2,1H3,(H,19,22)(H,20,21)(H,23,24). The topological polar surface area (TPSA) is 95.5 Å². The van der Waals surface area contributed by atoms with Crippen molar-refractivity contribution in [1.29, 1.82) is 0 Å². The minimum Gasteiger partial charge on any atom is -0.481 e. The van der Waals surface area contributed by atoms with Crippen LogP contribution in [0.15, 0.2) is 24.3 Å². The molecule has 130 valence electrons. The van der Waals surface area contributed by atoms with Gasteiger partial charge in [0, 0.05) is 24.2 Å². The molecular weight excluding hydrogens is 308 g/mol. The molecule has 2 amide bonds. The number of benzene rings is 1. The lowest BCUT2D eigenvalue weighted by molar-refractivity contribution is -0.153. The van der Waals surface area contributed by atoms with Crippen LogP contribution in [0.1, 0.15) is 55.8 Å². The average molecular weight is 332 g/mol. The summed E-state index contributed by atoms with van der Waals surface area (Å²) in [5.74, 6) is -1.35. The Balaban J connectivity index is 1.98. The molecular formula is C18H24N2O4. The number of carboxylic acid groups (broad SMARTS) is 1. The molecule has 2 rings (SSSR count). The summed E-state index contributed by atoms with van der Waals surface area (Å²) in [5.41, 5.74) is 0.136. The first kappa shape index (κ1) is 18.0. The normalized spacial score (nSPS) is 16.2. The number of hydrogen-bond donors (Lipinski definition) is 3. The molecule has 0 aromatic heterocycles. The molecule has 6 nitrogen and oxygen atoms in total. The Labute approximate surface area is 141 Å². The van der Waals surface area contributed by atoms with Gasteiger partial charge >= 0.3 is 5.97 Å². The maximum Gasteiger partial charge on any atom is 0.310 e. The smallest absolute Gasteiger partial charge is 0.310 e. The van der Waals surface area contributed by atoms with Crippen molar-refractivity contribution in [2.45, 2.75) is 45.4 Å². The first-order valence-electron chi connectivity index (χ1n) is 8.38. The van der Waals surface area contributed by atoms with E-state index in [9.17, 15) is 19.5 Å². The molecule has 0 heterocycles. The number of nitrogens with one attached hydrogen (secondary N) is 2. The number of amides is 2. The predicted molar refractivity (Wildman–Crippen MR) is 90.8 cm³/mol. The molecule has 6 heteroatoms. The number of hydrogen-bond acceptors (Lipinski definition) is 3. The highest BCUT2D eigenvalue weighted by Gasteiger charge is 2.41. The Morgan fingerprint density at radius 2 is 1.71 bits per heavy atom. The van der Waals surface area contributed by atoms with Crippen molar-refractivity contribution in [3.05, 3.63) is 29.8 Å². The quantitative estimate of drug-likeness (QED) is 0.746. The molecule has 0 unspecified atom stereocenters. The van der Waals surface area contributed by atoms with E-state index in [0.29, 0.717) is 30.6 Å². The third kappa shape index (κ3) is 4.34. The van der Waals surface area contributed by atoms with E-state index in [0.717, 1.165) is 19.3 Å². The van der Waals surface area contributed by atoms with E-state index in [4.69, 9.17) is 0 Å². The third-order valence-corrected chi connectivity index (χ3v) is 4.53. The zero-order valence-electron chi connectivity index (χ0n) is 13.9. The van der Waals surface area contributed by atoms with Gasteiger partial charge in [-0.2, -0.15) is 0 Å². The second kappa shape index (κ2) is 7.95. The minimum absolute atomic E-state index is 0.0135. The summed E-state index contributed by atoms with van der Waals surface area (Å²) in [6.07, 6.45) is 3.80. The molecule has 3 N–H and O–H groups in total. The van der Waals surface area contributed by atoms with Crippen LogP contribution in [0.4, 0.5) is 5.69 Å². The summed E-state index contributed by atoms with van der Waals surface area (Å²) < 4.78 is 0. The number of anilines is 1. The molecule has 0 bridgehead atoms. The van der Waals surface area contributed by atoms with Gasteiger partial charge in [0.25, 0.3) is 5.91 Å². The molecule has 0 atom stereocenters. The highest BCUT2D eigenvalue weighted by molar-refractivity contribution is 5.96. The summed E-state index contributed by atoms with van der Waals surface area (Å²) in [5, 5.41) is 15.0. The monoisotopic (exact) mass is 332 g/mol. The second-order valence-corrected chi connectivity index (χ2v) is 6.31. The maximum atomic E-state index is 12.3. The average Bonchev–Trinajstić information content (AvgIpc) is 2.56. The van der Waals surface area contributed by atoms with E-state index in [1.165, 1.54) is 0 Å². The van der Waals surface area contributed by atoms with Crippen LogP contribution in [0.5, 0.6) is 0 Å². The van der Waals surface area contributed by atoms with Crippen molar-refractivity contribution >= 4 is 23.5 Å². The van der Waals surface area contributed by atoms with E-state index in [2.05, 4.69) is 10.6 Å². The van der Waals surface area contributed by atoms with Crippen molar-refractivity contribution in [1.82, 2.24) is 5.32 Å². The Morgan fingerprint density at radius 1 is 1.08 bits per heavy atom. The fourth-order valence-corrected chi connectivity index (χ4v) is 3.17. The van der Waals surface area contributed by atoms with E-state index < -0.39 is 11.4 Å². The number of carbonyl (C=O) groups is 3. The number of carbonyl (C=O) groups excluding carboxylic acids is 2. The Kier molecular flexibility index (Phi) is 5.95. The van der Waals surface area contributed by atoms with Gasteiger partial charge in [-0.15, -0.1) is 0 Å². The van der Waals surface area contributed by atoms with Gasteiger partial charge in [-0.3, -0.25) is 14.4 Å². The number of carboxylic acids is 1. The van der Waals surface area contributed by atoms with E-state index in [-0.39, 0.29) is 18.2 Å². The second-order valence-electron chi connectivity index (χ2n) is 6.31. The third-order valence-electron chi connectivity index (χ3n) is 4.53. The van der Waals surface area contributed by atoms with Crippen LogP contribution in [0.25, 0.3) is 0 Å². The Hall–Kier alpha value is -2.37. The number of rotatable bonds is 6. The van der Waals surface area contributed by atoms with Crippen LogP contribution >= 0.6 is 0 Å². The first-order valence-corrected chi connectivity index (χ1v) is 8.38. The van der Waals surface area contributed by atoms with Gasteiger partial charge in [-0.05, 0) is 44.0 Å². The largest absolute Gasteiger partial charge is 0.481 e. The van der Waals surface area contributed by atoms with Crippen LogP contribution in [-0.4, -0.2) is 29.4 Å². The molecule has 1 aliphatic rings. The fourth-order valence-electron chi connectivity index (χ4n) is 3.17. The molecule has 1 aliphatic carbocycles. The van der Waals surface area contributed by atoms with Crippen LogP contribution < -0.4 is 10.6 Å². The molecule has 24 heavy (non-hydrogen) atoms. The van der Waals surface area contributed by atoms with Crippen LogP contribution in [0.3, 0.4) is 0 Å². The highest BCUT2D eigenvalue weighted by Crippen LogP contribution is 2.39. The maximum absolute atomic E-state index is 12.3. The van der Waals surface area contributed by atoms with Gasteiger partial charge in [0.15, 0.2) is 0 Å². The molecule has 0 spiro atoms. The first-order chi connectivity index (χ1) is 11.5. The van der Waals surface area contributed by atoms with Gasteiger partial charge < -0.3 is 15.7 Å². The van der Waals surface area contributed by atoms with Gasteiger partial charge in [0.05, 0.1) is 5.41 Å². The van der Waals surface area contributed by atoms with Crippen LogP contribution in [0.2, 0.25) is 0 Å². The van der Waals surface area contributed by atoms with Crippen molar-refractivity contribution in [3.8, 4) is 0 Å². The van der Waals surface area contributed by atoms with Gasteiger partial charge in [0.2, 0.25) is 5.91 Å². The minimum atomic E-state index is -0.941. The van der Waals surface area contributed by atoms with Crippen LogP contribution in [-0.2, 0) is 9.59 Å². The van der Waals surface area contributed by atoms with E-state index in [1.807, 2.05) is 6.92 Å². The summed E-state index contributed by atoms with van der Waals surface area (Å²) in [7, 11) is 0. The lowest BCUT2D eigenvalue weighted by Crippen LogP contribution is -2.37. The van der Waals surface area contributed by atoms with E-state index >= 15 is 0 Å². The summed E-state index contributed by atoms with van der Waals surface area (Å²) >= 11 is 0. The fraction of sp³-hybridized carbons (Fsp3) is 0.500. The zero-order chi connectivity index (χ0) is 17.6. The van der Waals surface area contributed by atoms with Crippen molar-refractivity contribution in [2.75, 3.05) is 11.9 Å². The van der Waals surface area contributed by atoms with Crippen molar-refractivity contribution in [2.24, 2.45) is 5.41 Å². The highest BCUT2D eigenvalue weighted by atomic mass is 16.4. The molecule has 0 aliphatic heterocycles. The van der Waals surface area contributed by atoms with Crippen molar-refractivity contribution in [3.63, 3.8) is 0 Å².